The summed E-state index contributed by atoms with van der Waals surface area (Å²) in [6.07, 6.45) is -4.21. The number of alkyl halides is 3. The number of ether oxygens (including phenoxy) is 1. The molecule has 8 nitrogen and oxygen atoms in total. The van der Waals surface area contributed by atoms with Crippen LogP contribution in [0.1, 0.15) is 30.0 Å². The standard InChI is InChI=1S/C35H35ClF3N3O5S/c1-3-19-40-34(44)32(21-25-11-6-4-7-12-25)41(23-26-13-10-14-28(20-26)47-2)33(43)24-42(48(45,46)29-15-8-5-9-16-29)27-17-18-31(36)30(22-27)35(37,38)39/h4-18,20,22,32H,3,19,21,23-24H2,1-2H3,(H,40,44)/t32-/m0/s1. The Hall–Kier alpha value is -4.55. The molecule has 0 spiro atoms. The van der Waals surface area contributed by atoms with Crippen LogP contribution in [-0.4, -0.2) is 51.4 Å². The summed E-state index contributed by atoms with van der Waals surface area (Å²) in [5, 5.41) is 2.20. The van der Waals surface area contributed by atoms with Crippen LogP contribution in [0.5, 0.6) is 5.75 Å². The molecule has 0 saturated carbocycles. The molecule has 0 unspecified atom stereocenters. The minimum Gasteiger partial charge on any atom is -0.497 e. The zero-order valence-electron chi connectivity index (χ0n) is 26.3. The van der Waals surface area contributed by atoms with Crippen molar-refractivity contribution in [2.45, 2.75) is 43.4 Å². The Morgan fingerprint density at radius 2 is 1.54 bits per heavy atom. The molecule has 0 saturated heterocycles. The van der Waals surface area contributed by atoms with Gasteiger partial charge in [-0.05, 0) is 60.0 Å². The minimum atomic E-state index is -4.91. The summed E-state index contributed by atoms with van der Waals surface area (Å²) >= 11 is 5.87. The summed E-state index contributed by atoms with van der Waals surface area (Å²) in [5.74, 6) is -0.808. The molecule has 1 N–H and O–H groups in total. The number of anilines is 1. The van der Waals surface area contributed by atoms with Gasteiger partial charge < -0.3 is 15.0 Å². The van der Waals surface area contributed by atoms with Crippen molar-refractivity contribution >= 4 is 39.1 Å². The topological polar surface area (TPSA) is 96.0 Å². The van der Waals surface area contributed by atoms with Crippen molar-refractivity contribution in [3.8, 4) is 5.75 Å². The molecule has 2 amide bonds. The van der Waals surface area contributed by atoms with E-state index in [1.54, 1.807) is 54.6 Å². The van der Waals surface area contributed by atoms with Gasteiger partial charge in [-0.15, -0.1) is 0 Å². The quantitative estimate of drug-likeness (QED) is 0.157. The van der Waals surface area contributed by atoms with Crippen LogP contribution in [0.3, 0.4) is 0 Å². The number of benzene rings is 4. The van der Waals surface area contributed by atoms with Crippen LogP contribution in [0, 0.1) is 0 Å². The molecule has 0 aliphatic rings. The number of hydrogen-bond acceptors (Lipinski definition) is 5. The maximum Gasteiger partial charge on any atom is 0.417 e. The number of halogens is 4. The highest BCUT2D eigenvalue weighted by Gasteiger charge is 2.37. The minimum absolute atomic E-state index is 0.0801. The molecule has 4 aromatic rings. The molecule has 0 aliphatic heterocycles. The van der Waals surface area contributed by atoms with E-state index in [9.17, 15) is 31.2 Å². The van der Waals surface area contributed by atoms with Crippen molar-refractivity contribution in [2.24, 2.45) is 0 Å². The van der Waals surface area contributed by atoms with Gasteiger partial charge in [-0.25, -0.2) is 8.42 Å². The Kier molecular flexibility index (Phi) is 12.1. The fourth-order valence-corrected chi connectivity index (χ4v) is 6.67. The molecule has 4 aromatic carbocycles. The van der Waals surface area contributed by atoms with Crippen LogP contribution in [0.4, 0.5) is 18.9 Å². The average molecular weight is 702 g/mol. The first-order valence-electron chi connectivity index (χ1n) is 15.0. The molecule has 4 rings (SSSR count). The normalized spacial score (nSPS) is 12.2. The number of hydrogen-bond donors (Lipinski definition) is 1. The van der Waals surface area contributed by atoms with Gasteiger partial charge in [-0.1, -0.05) is 79.2 Å². The molecule has 1 atom stereocenters. The number of rotatable bonds is 14. The monoisotopic (exact) mass is 701 g/mol. The fourth-order valence-electron chi connectivity index (χ4n) is 5.02. The highest BCUT2D eigenvalue weighted by atomic mass is 35.5. The largest absolute Gasteiger partial charge is 0.497 e. The second kappa shape index (κ2) is 16.0. The molecule has 0 aromatic heterocycles. The van der Waals surface area contributed by atoms with Gasteiger partial charge in [0.25, 0.3) is 10.0 Å². The first-order valence-corrected chi connectivity index (χ1v) is 16.9. The lowest BCUT2D eigenvalue weighted by molar-refractivity contribution is -0.140. The average Bonchev–Trinajstić information content (AvgIpc) is 3.08. The Morgan fingerprint density at radius 3 is 2.17 bits per heavy atom. The number of sulfonamides is 1. The van der Waals surface area contributed by atoms with Gasteiger partial charge >= 0.3 is 6.18 Å². The predicted molar refractivity (Wildman–Crippen MR) is 178 cm³/mol. The van der Waals surface area contributed by atoms with Crippen LogP contribution in [0.25, 0.3) is 0 Å². The lowest BCUT2D eigenvalue weighted by Gasteiger charge is -2.34. The van der Waals surface area contributed by atoms with E-state index in [1.807, 2.05) is 13.0 Å². The number of carbonyl (C=O) groups excluding carboxylic acids is 2. The molecule has 0 bridgehead atoms. The highest BCUT2D eigenvalue weighted by molar-refractivity contribution is 7.92. The van der Waals surface area contributed by atoms with Crippen molar-refractivity contribution in [3.05, 3.63) is 125 Å². The molecule has 13 heteroatoms. The zero-order chi connectivity index (χ0) is 34.9. The van der Waals surface area contributed by atoms with Gasteiger partial charge in [-0.2, -0.15) is 13.2 Å². The van der Waals surface area contributed by atoms with Crippen LogP contribution in [0.2, 0.25) is 5.02 Å². The smallest absolute Gasteiger partial charge is 0.417 e. The molecule has 0 fully saturated rings. The third kappa shape index (κ3) is 9.07. The van der Waals surface area contributed by atoms with Crippen LogP contribution in [-0.2, 0) is 38.8 Å². The molecule has 48 heavy (non-hydrogen) atoms. The Morgan fingerprint density at radius 1 is 0.896 bits per heavy atom. The number of carbonyl (C=O) groups is 2. The van der Waals surface area contributed by atoms with E-state index >= 15 is 0 Å². The van der Waals surface area contributed by atoms with Gasteiger partial charge in [0.05, 0.1) is 28.3 Å². The second-order valence-corrected chi connectivity index (χ2v) is 13.1. The second-order valence-electron chi connectivity index (χ2n) is 10.9. The van der Waals surface area contributed by atoms with Crippen molar-refractivity contribution in [2.75, 3.05) is 24.5 Å². The van der Waals surface area contributed by atoms with Gasteiger partial charge in [0.2, 0.25) is 11.8 Å². The van der Waals surface area contributed by atoms with Gasteiger partial charge in [0, 0.05) is 19.5 Å². The van der Waals surface area contributed by atoms with E-state index in [0.717, 1.165) is 17.7 Å². The zero-order valence-corrected chi connectivity index (χ0v) is 27.9. The summed E-state index contributed by atoms with van der Waals surface area (Å²) < 4.78 is 75.9. The number of nitrogens with one attached hydrogen (secondary N) is 1. The molecule has 0 radical (unpaired) electrons. The van der Waals surface area contributed by atoms with Crippen LogP contribution >= 0.6 is 11.6 Å². The van der Waals surface area contributed by atoms with Crippen LogP contribution in [0.15, 0.2) is 108 Å². The molecule has 0 heterocycles. The molecule has 0 aliphatic carbocycles. The maximum absolute atomic E-state index is 14.5. The SMILES string of the molecule is CCCNC(=O)[C@H](Cc1ccccc1)N(Cc1cccc(OC)c1)C(=O)CN(c1ccc(Cl)c(C(F)(F)F)c1)S(=O)(=O)c1ccccc1. The summed E-state index contributed by atoms with van der Waals surface area (Å²) in [6, 6.07) is 24.4. The lowest BCUT2D eigenvalue weighted by Crippen LogP contribution is -2.53. The van der Waals surface area contributed by atoms with Crippen molar-refractivity contribution in [1.82, 2.24) is 10.2 Å². The Balaban J connectivity index is 1.86. The van der Waals surface area contributed by atoms with E-state index in [1.165, 1.54) is 36.3 Å². The number of methoxy groups -OCH3 is 1. The lowest BCUT2D eigenvalue weighted by atomic mass is 10.0. The highest BCUT2D eigenvalue weighted by Crippen LogP contribution is 2.38. The summed E-state index contributed by atoms with van der Waals surface area (Å²) in [4.78, 5) is 29.2. The van der Waals surface area contributed by atoms with Crippen LogP contribution < -0.4 is 14.4 Å². The third-order valence-corrected chi connectivity index (χ3v) is 9.58. The Bertz CT molecular complexity index is 1810. The maximum atomic E-state index is 14.5. The summed E-state index contributed by atoms with van der Waals surface area (Å²) in [5.41, 5.74) is -0.386. The van der Waals surface area contributed by atoms with Gasteiger partial charge in [0.15, 0.2) is 0 Å². The van der Waals surface area contributed by atoms with E-state index < -0.39 is 56.9 Å². The molecular formula is C35H35ClF3N3O5S. The summed E-state index contributed by atoms with van der Waals surface area (Å²) in [7, 11) is -3.13. The first kappa shape index (κ1) is 36.3. The first-order chi connectivity index (χ1) is 22.8. The third-order valence-electron chi connectivity index (χ3n) is 7.46. The fraction of sp³-hybridized carbons (Fsp3) is 0.257. The number of nitrogens with zero attached hydrogens (tertiary/aromatic N) is 2. The van der Waals surface area contributed by atoms with Crippen molar-refractivity contribution in [3.63, 3.8) is 0 Å². The van der Waals surface area contributed by atoms with E-state index in [2.05, 4.69) is 5.32 Å². The van der Waals surface area contributed by atoms with E-state index in [0.29, 0.717) is 34.7 Å². The predicted octanol–water partition coefficient (Wildman–Crippen LogP) is 6.73. The van der Waals surface area contributed by atoms with Crippen molar-refractivity contribution < 1.29 is 35.9 Å². The molecular weight excluding hydrogens is 667 g/mol. The summed E-state index contributed by atoms with van der Waals surface area (Å²) in [6.45, 7) is 1.14. The number of amides is 2. The van der Waals surface area contributed by atoms with E-state index in [4.69, 9.17) is 16.3 Å². The molecule has 254 valence electrons. The van der Waals surface area contributed by atoms with Gasteiger partial charge in [-0.3, -0.25) is 13.9 Å². The Labute approximate surface area is 283 Å². The van der Waals surface area contributed by atoms with E-state index in [-0.39, 0.29) is 17.9 Å². The van der Waals surface area contributed by atoms with Crippen molar-refractivity contribution in [1.29, 1.82) is 0 Å². The van der Waals surface area contributed by atoms with Gasteiger partial charge in [0.1, 0.15) is 18.3 Å².